The van der Waals surface area contributed by atoms with Gasteiger partial charge in [0.2, 0.25) is 0 Å². The van der Waals surface area contributed by atoms with Crippen LogP contribution in [0, 0.1) is 0 Å². The standard InChI is InChI=1S/C24H27N3O2S/c1-3-4-13-25-21-14-19(29-2)11-12-20(21)23(28)26-18-9-7-16(8-10-18)22-15-30-24(27-22)17-5-6-17/h7-12,14-15,17,25H,3-6,13H2,1-2H3,(H,26,28). The maximum absolute atomic E-state index is 12.9. The molecule has 0 aliphatic heterocycles. The molecule has 3 aromatic rings. The quantitative estimate of drug-likeness (QED) is 0.406. The number of hydrogen-bond donors (Lipinski definition) is 2. The summed E-state index contributed by atoms with van der Waals surface area (Å²) in [7, 11) is 1.63. The number of amides is 1. The van der Waals surface area contributed by atoms with E-state index in [1.165, 1.54) is 17.8 Å². The van der Waals surface area contributed by atoms with Crippen LogP contribution in [-0.4, -0.2) is 24.5 Å². The van der Waals surface area contributed by atoms with Crippen molar-refractivity contribution in [3.05, 3.63) is 58.4 Å². The molecule has 0 bridgehead atoms. The third-order valence-electron chi connectivity index (χ3n) is 5.20. The van der Waals surface area contributed by atoms with Crippen molar-refractivity contribution < 1.29 is 9.53 Å². The second-order valence-electron chi connectivity index (χ2n) is 7.57. The summed E-state index contributed by atoms with van der Waals surface area (Å²) in [6.07, 6.45) is 4.65. The summed E-state index contributed by atoms with van der Waals surface area (Å²) in [4.78, 5) is 17.7. The molecule has 1 aliphatic carbocycles. The van der Waals surface area contributed by atoms with Crippen molar-refractivity contribution in [2.75, 3.05) is 24.3 Å². The lowest BCUT2D eigenvalue weighted by atomic mass is 10.1. The van der Waals surface area contributed by atoms with Gasteiger partial charge in [0.25, 0.3) is 5.91 Å². The lowest BCUT2D eigenvalue weighted by Crippen LogP contribution is -2.15. The third kappa shape index (κ3) is 4.82. The van der Waals surface area contributed by atoms with E-state index < -0.39 is 0 Å². The molecule has 1 heterocycles. The zero-order valence-corrected chi connectivity index (χ0v) is 18.2. The Morgan fingerprint density at radius 3 is 2.70 bits per heavy atom. The number of thiazole rings is 1. The van der Waals surface area contributed by atoms with Crippen LogP contribution in [0.4, 0.5) is 11.4 Å². The van der Waals surface area contributed by atoms with Crippen LogP contribution < -0.4 is 15.4 Å². The van der Waals surface area contributed by atoms with Crippen molar-refractivity contribution in [2.45, 2.75) is 38.5 Å². The number of anilines is 2. The first-order valence-electron chi connectivity index (χ1n) is 10.5. The van der Waals surface area contributed by atoms with Gasteiger partial charge in [-0.1, -0.05) is 25.5 Å². The molecule has 0 unspecified atom stereocenters. The van der Waals surface area contributed by atoms with E-state index in [1.54, 1.807) is 24.5 Å². The second kappa shape index (κ2) is 9.30. The van der Waals surface area contributed by atoms with Gasteiger partial charge in [0, 0.05) is 35.2 Å². The number of aromatic nitrogens is 1. The normalized spacial score (nSPS) is 13.1. The highest BCUT2D eigenvalue weighted by molar-refractivity contribution is 7.10. The Morgan fingerprint density at radius 1 is 1.20 bits per heavy atom. The maximum atomic E-state index is 12.9. The Kier molecular flexibility index (Phi) is 6.33. The predicted molar refractivity (Wildman–Crippen MR) is 124 cm³/mol. The Morgan fingerprint density at radius 2 is 2.00 bits per heavy atom. The molecular formula is C24H27N3O2S. The van der Waals surface area contributed by atoms with Crippen LogP contribution in [-0.2, 0) is 0 Å². The number of carbonyl (C=O) groups excluding carboxylic acids is 1. The van der Waals surface area contributed by atoms with Crippen LogP contribution >= 0.6 is 11.3 Å². The highest BCUT2D eigenvalue weighted by Gasteiger charge is 2.26. The zero-order valence-electron chi connectivity index (χ0n) is 17.4. The highest BCUT2D eigenvalue weighted by Crippen LogP contribution is 2.42. The Hall–Kier alpha value is -2.86. The fraction of sp³-hybridized carbons (Fsp3) is 0.333. The minimum atomic E-state index is -0.144. The van der Waals surface area contributed by atoms with Crippen LogP contribution in [0.5, 0.6) is 5.75 Å². The Bertz CT molecular complexity index is 1010. The first-order chi connectivity index (χ1) is 14.7. The molecule has 0 spiro atoms. The smallest absolute Gasteiger partial charge is 0.257 e. The SMILES string of the molecule is CCCCNc1cc(OC)ccc1C(=O)Nc1ccc(-c2csc(C3CC3)n2)cc1. The zero-order chi connectivity index (χ0) is 20.9. The largest absolute Gasteiger partial charge is 0.497 e. The number of nitrogens with zero attached hydrogens (tertiary/aromatic N) is 1. The molecule has 30 heavy (non-hydrogen) atoms. The van der Waals surface area contributed by atoms with E-state index in [0.29, 0.717) is 11.5 Å². The minimum absolute atomic E-state index is 0.144. The Balaban J connectivity index is 1.46. The molecule has 156 valence electrons. The van der Waals surface area contributed by atoms with Crippen LogP contribution in [0.1, 0.15) is 53.9 Å². The fourth-order valence-corrected chi connectivity index (χ4v) is 4.26. The number of hydrogen-bond acceptors (Lipinski definition) is 5. The first kappa shape index (κ1) is 20.4. The molecule has 1 amide bonds. The second-order valence-corrected chi connectivity index (χ2v) is 8.46. The lowest BCUT2D eigenvalue weighted by Gasteiger charge is -2.14. The van der Waals surface area contributed by atoms with Crippen LogP contribution in [0.3, 0.4) is 0 Å². The molecule has 5 nitrogen and oxygen atoms in total. The number of unbranched alkanes of at least 4 members (excludes halogenated alkanes) is 1. The molecule has 1 fully saturated rings. The van der Waals surface area contributed by atoms with Crippen molar-refractivity contribution in [1.82, 2.24) is 4.98 Å². The van der Waals surface area contributed by atoms with E-state index in [4.69, 9.17) is 9.72 Å². The molecule has 0 radical (unpaired) electrons. The van der Waals surface area contributed by atoms with E-state index >= 15 is 0 Å². The first-order valence-corrected chi connectivity index (χ1v) is 11.3. The van der Waals surface area contributed by atoms with Crippen LogP contribution in [0.25, 0.3) is 11.3 Å². The van der Waals surface area contributed by atoms with Crippen molar-refractivity contribution in [3.8, 4) is 17.0 Å². The number of methoxy groups -OCH3 is 1. The molecule has 6 heteroatoms. The summed E-state index contributed by atoms with van der Waals surface area (Å²) in [5, 5.41) is 9.71. The van der Waals surface area contributed by atoms with Gasteiger partial charge in [-0.15, -0.1) is 11.3 Å². The number of nitrogens with one attached hydrogen (secondary N) is 2. The number of carbonyl (C=O) groups is 1. The monoisotopic (exact) mass is 421 g/mol. The molecule has 1 aliphatic rings. The number of ether oxygens (including phenoxy) is 1. The summed E-state index contributed by atoms with van der Waals surface area (Å²) >= 11 is 1.74. The molecule has 2 aromatic carbocycles. The molecule has 1 saturated carbocycles. The maximum Gasteiger partial charge on any atom is 0.257 e. The van der Waals surface area contributed by atoms with E-state index in [9.17, 15) is 4.79 Å². The van der Waals surface area contributed by atoms with E-state index in [0.717, 1.165) is 47.8 Å². The van der Waals surface area contributed by atoms with Gasteiger partial charge in [-0.05, 0) is 43.5 Å². The number of rotatable bonds is 9. The average Bonchev–Trinajstić information content (AvgIpc) is 3.51. The third-order valence-corrected chi connectivity index (χ3v) is 6.21. The van der Waals surface area contributed by atoms with E-state index in [-0.39, 0.29) is 5.91 Å². The van der Waals surface area contributed by atoms with Crippen LogP contribution in [0.15, 0.2) is 47.8 Å². The molecular weight excluding hydrogens is 394 g/mol. The molecule has 0 saturated heterocycles. The van der Waals surface area contributed by atoms with Gasteiger partial charge in [-0.25, -0.2) is 4.98 Å². The summed E-state index contributed by atoms with van der Waals surface area (Å²) in [6, 6.07) is 13.3. The summed E-state index contributed by atoms with van der Waals surface area (Å²) < 4.78 is 5.31. The van der Waals surface area contributed by atoms with Gasteiger partial charge in [0.15, 0.2) is 0 Å². The summed E-state index contributed by atoms with van der Waals surface area (Å²) in [5.41, 5.74) is 4.23. The molecule has 1 aromatic heterocycles. The average molecular weight is 422 g/mol. The van der Waals surface area contributed by atoms with Gasteiger partial charge in [0.05, 0.1) is 29.1 Å². The van der Waals surface area contributed by atoms with Crippen molar-refractivity contribution in [2.24, 2.45) is 0 Å². The van der Waals surface area contributed by atoms with E-state index in [2.05, 4.69) is 22.9 Å². The fourth-order valence-electron chi connectivity index (χ4n) is 3.26. The highest BCUT2D eigenvalue weighted by atomic mass is 32.1. The van der Waals surface area contributed by atoms with Gasteiger partial charge in [0.1, 0.15) is 5.75 Å². The molecule has 4 rings (SSSR count). The predicted octanol–water partition coefficient (Wildman–Crippen LogP) is 6.16. The van der Waals surface area contributed by atoms with Crippen LogP contribution in [0.2, 0.25) is 0 Å². The van der Waals surface area contributed by atoms with Gasteiger partial charge < -0.3 is 15.4 Å². The van der Waals surface area contributed by atoms with Gasteiger partial charge in [-0.3, -0.25) is 4.79 Å². The van der Waals surface area contributed by atoms with Gasteiger partial charge in [-0.2, -0.15) is 0 Å². The summed E-state index contributed by atoms with van der Waals surface area (Å²) in [6.45, 7) is 2.96. The Labute approximate surface area is 181 Å². The molecule has 0 atom stereocenters. The topological polar surface area (TPSA) is 63.2 Å². The number of benzene rings is 2. The van der Waals surface area contributed by atoms with Crippen molar-refractivity contribution in [1.29, 1.82) is 0 Å². The molecule has 2 N–H and O–H groups in total. The lowest BCUT2D eigenvalue weighted by molar-refractivity contribution is 0.102. The van der Waals surface area contributed by atoms with Crippen molar-refractivity contribution in [3.63, 3.8) is 0 Å². The van der Waals surface area contributed by atoms with E-state index in [1.807, 2.05) is 36.4 Å². The minimum Gasteiger partial charge on any atom is -0.497 e. The van der Waals surface area contributed by atoms with Crippen molar-refractivity contribution >= 4 is 28.6 Å². The van der Waals surface area contributed by atoms with Gasteiger partial charge >= 0.3 is 0 Å². The summed E-state index contributed by atoms with van der Waals surface area (Å²) in [5.74, 6) is 1.25.